The maximum absolute atomic E-state index is 11.7. The molecule has 0 aliphatic heterocycles. The van der Waals surface area contributed by atoms with Gasteiger partial charge in [0.2, 0.25) is 5.91 Å². The van der Waals surface area contributed by atoms with Crippen LogP contribution in [0.3, 0.4) is 0 Å². The molecule has 1 aromatic heterocycles. The summed E-state index contributed by atoms with van der Waals surface area (Å²) in [6.07, 6.45) is 7.55. The normalized spacial score (nSPS) is 20.0. The number of rotatable bonds is 2. The monoisotopic (exact) mass is 220 g/mol. The topological polar surface area (TPSA) is 55.1 Å². The molecule has 0 aromatic carbocycles. The highest BCUT2D eigenvalue weighted by molar-refractivity contribution is 5.93. The molecular formula is C12H16N2O2. The van der Waals surface area contributed by atoms with Gasteiger partial charge in [0, 0.05) is 17.9 Å². The summed E-state index contributed by atoms with van der Waals surface area (Å²) in [7, 11) is 0. The Morgan fingerprint density at radius 3 is 2.88 bits per heavy atom. The molecule has 1 aromatic rings. The second-order valence-electron chi connectivity index (χ2n) is 4.76. The number of nitrogens with one attached hydrogen (secondary N) is 1. The van der Waals surface area contributed by atoms with Crippen LogP contribution in [-0.2, 0) is 17.6 Å². The van der Waals surface area contributed by atoms with Gasteiger partial charge in [-0.15, -0.1) is 0 Å². The lowest BCUT2D eigenvalue weighted by Crippen LogP contribution is -2.14. The summed E-state index contributed by atoms with van der Waals surface area (Å²) >= 11 is 0. The lowest BCUT2D eigenvalue weighted by molar-refractivity contribution is -0.117. The van der Waals surface area contributed by atoms with Gasteiger partial charge in [-0.25, -0.2) is 0 Å². The van der Waals surface area contributed by atoms with Gasteiger partial charge in [0.1, 0.15) is 5.76 Å². The van der Waals surface area contributed by atoms with E-state index in [0.29, 0.717) is 5.82 Å². The van der Waals surface area contributed by atoms with E-state index in [-0.39, 0.29) is 11.8 Å². The van der Waals surface area contributed by atoms with Crippen molar-refractivity contribution in [2.75, 3.05) is 5.32 Å². The molecule has 16 heavy (non-hydrogen) atoms. The Labute approximate surface area is 94.4 Å². The first-order chi connectivity index (χ1) is 7.84. The highest BCUT2D eigenvalue weighted by Crippen LogP contribution is 2.32. The number of fused-ring (bicyclic) bond motifs is 1. The number of carbonyl (C=O) groups is 1. The third-order valence-corrected chi connectivity index (χ3v) is 3.39. The van der Waals surface area contributed by atoms with Crippen molar-refractivity contribution in [3.63, 3.8) is 0 Å². The van der Waals surface area contributed by atoms with Crippen LogP contribution < -0.4 is 5.32 Å². The van der Waals surface area contributed by atoms with Crippen molar-refractivity contribution in [1.82, 2.24) is 5.16 Å². The van der Waals surface area contributed by atoms with Crippen molar-refractivity contribution in [1.29, 1.82) is 0 Å². The van der Waals surface area contributed by atoms with Gasteiger partial charge in [0.15, 0.2) is 5.82 Å². The van der Waals surface area contributed by atoms with Gasteiger partial charge >= 0.3 is 0 Å². The quantitative estimate of drug-likeness (QED) is 0.778. The predicted molar refractivity (Wildman–Crippen MR) is 59.1 cm³/mol. The second kappa shape index (κ2) is 3.92. The molecule has 0 radical (unpaired) electrons. The zero-order valence-electron chi connectivity index (χ0n) is 9.29. The molecule has 2 aliphatic rings. The molecule has 0 bridgehead atoms. The van der Waals surface area contributed by atoms with Gasteiger partial charge in [0.25, 0.3) is 0 Å². The molecular weight excluding hydrogens is 204 g/mol. The standard InChI is InChI=1S/C12H16N2O2/c15-12(8-6-7-8)13-11-9-4-2-1-3-5-10(9)16-14-11/h8H,1-7H2,(H,13,14,15). The number of aromatic nitrogens is 1. The van der Waals surface area contributed by atoms with Crippen molar-refractivity contribution in [3.05, 3.63) is 11.3 Å². The Kier molecular flexibility index (Phi) is 2.42. The van der Waals surface area contributed by atoms with Crippen molar-refractivity contribution in [2.24, 2.45) is 5.92 Å². The Morgan fingerprint density at radius 2 is 2.06 bits per heavy atom. The van der Waals surface area contributed by atoms with E-state index in [9.17, 15) is 4.79 Å². The minimum atomic E-state index is 0.111. The van der Waals surface area contributed by atoms with Gasteiger partial charge in [-0.1, -0.05) is 11.6 Å². The Bertz CT molecular complexity index is 407. The Morgan fingerprint density at radius 1 is 1.25 bits per heavy atom. The maximum Gasteiger partial charge on any atom is 0.228 e. The SMILES string of the molecule is O=C(Nc1noc2c1CCCCC2)C1CC1. The highest BCUT2D eigenvalue weighted by Gasteiger charge is 2.31. The van der Waals surface area contributed by atoms with E-state index in [1.165, 1.54) is 12.8 Å². The van der Waals surface area contributed by atoms with Crippen LogP contribution in [0.2, 0.25) is 0 Å². The molecule has 1 N–H and O–H groups in total. The minimum absolute atomic E-state index is 0.111. The molecule has 1 saturated carbocycles. The average Bonchev–Trinajstić information content (AvgIpc) is 3.09. The largest absolute Gasteiger partial charge is 0.359 e. The summed E-state index contributed by atoms with van der Waals surface area (Å²) in [5.74, 6) is 1.98. The molecule has 86 valence electrons. The molecule has 1 amide bonds. The third kappa shape index (κ3) is 1.84. The van der Waals surface area contributed by atoms with E-state index >= 15 is 0 Å². The fourth-order valence-corrected chi connectivity index (χ4v) is 2.22. The van der Waals surface area contributed by atoms with E-state index in [1.807, 2.05) is 0 Å². The first-order valence-electron chi connectivity index (χ1n) is 6.13. The molecule has 3 rings (SSSR count). The number of anilines is 1. The fourth-order valence-electron chi connectivity index (χ4n) is 2.22. The van der Waals surface area contributed by atoms with Crippen LogP contribution in [0.1, 0.15) is 43.4 Å². The maximum atomic E-state index is 11.7. The number of hydrogen-bond donors (Lipinski definition) is 1. The second-order valence-corrected chi connectivity index (χ2v) is 4.76. The van der Waals surface area contributed by atoms with Crippen LogP contribution in [-0.4, -0.2) is 11.1 Å². The molecule has 0 saturated heterocycles. The first-order valence-corrected chi connectivity index (χ1v) is 6.13. The van der Waals surface area contributed by atoms with Gasteiger partial charge in [0.05, 0.1) is 0 Å². The fraction of sp³-hybridized carbons (Fsp3) is 0.667. The van der Waals surface area contributed by atoms with Crippen LogP contribution in [0.5, 0.6) is 0 Å². The summed E-state index contributed by atoms with van der Waals surface area (Å²) in [6, 6.07) is 0. The van der Waals surface area contributed by atoms with E-state index in [2.05, 4.69) is 10.5 Å². The number of hydrogen-bond acceptors (Lipinski definition) is 3. The molecule has 0 unspecified atom stereocenters. The van der Waals surface area contributed by atoms with E-state index < -0.39 is 0 Å². The summed E-state index contributed by atoms with van der Waals surface area (Å²) in [6.45, 7) is 0. The zero-order valence-corrected chi connectivity index (χ0v) is 9.29. The minimum Gasteiger partial charge on any atom is -0.359 e. The van der Waals surface area contributed by atoms with Gasteiger partial charge in [-0.05, 0) is 32.1 Å². The van der Waals surface area contributed by atoms with Crippen LogP contribution in [0.4, 0.5) is 5.82 Å². The Hall–Kier alpha value is -1.32. The number of aryl methyl sites for hydroxylation is 1. The van der Waals surface area contributed by atoms with Gasteiger partial charge < -0.3 is 9.84 Å². The predicted octanol–water partition coefficient (Wildman–Crippen LogP) is 2.29. The summed E-state index contributed by atoms with van der Waals surface area (Å²) in [4.78, 5) is 11.7. The van der Waals surface area contributed by atoms with E-state index in [0.717, 1.165) is 43.4 Å². The molecule has 4 heteroatoms. The molecule has 4 nitrogen and oxygen atoms in total. The average molecular weight is 220 g/mol. The van der Waals surface area contributed by atoms with Gasteiger partial charge in [-0.2, -0.15) is 0 Å². The molecule has 0 spiro atoms. The number of nitrogens with zero attached hydrogens (tertiary/aromatic N) is 1. The van der Waals surface area contributed by atoms with Crippen molar-refractivity contribution >= 4 is 11.7 Å². The molecule has 0 atom stereocenters. The summed E-state index contributed by atoms with van der Waals surface area (Å²) < 4.78 is 5.30. The highest BCUT2D eigenvalue weighted by atomic mass is 16.5. The lowest BCUT2D eigenvalue weighted by atomic mass is 10.1. The summed E-state index contributed by atoms with van der Waals surface area (Å²) in [5, 5.41) is 6.88. The molecule has 1 heterocycles. The zero-order chi connectivity index (χ0) is 11.0. The third-order valence-electron chi connectivity index (χ3n) is 3.39. The van der Waals surface area contributed by atoms with Crippen LogP contribution >= 0.6 is 0 Å². The van der Waals surface area contributed by atoms with Crippen LogP contribution in [0, 0.1) is 5.92 Å². The van der Waals surface area contributed by atoms with Gasteiger partial charge in [-0.3, -0.25) is 4.79 Å². The van der Waals surface area contributed by atoms with E-state index in [1.54, 1.807) is 0 Å². The van der Waals surface area contributed by atoms with E-state index in [4.69, 9.17) is 4.52 Å². The van der Waals surface area contributed by atoms with Crippen molar-refractivity contribution < 1.29 is 9.32 Å². The van der Waals surface area contributed by atoms with Crippen LogP contribution in [0.15, 0.2) is 4.52 Å². The lowest BCUT2D eigenvalue weighted by Gasteiger charge is -2.02. The Balaban J connectivity index is 1.78. The molecule has 1 fully saturated rings. The number of amides is 1. The van der Waals surface area contributed by atoms with Crippen LogP contribution in [0.25, 0.3) is 0 Å². The summed E-state index contributed by atoms with van der Waals surface area (Å²) in [5.41, 5.74) is 1.13. The van der Waals surface area contributed by atoms with Crippen molar-refractivity contribution in [3.8, 4) is 0 Å². The number of carbonyl (C=O) groups excluding carboxylic acids is 1. The molecule has 2 aliphatic carbocycles. The van der Waals surface area contributed by atoms with Crippen molar-refractivity contribution in [2.45, 2.75) is 44.9 Å². The smallest absolute Gasteiger partial charge is 0.228 e. The first kappa shape index (κ1) is 9.87.